The molecule has 0 fully saturated rings. The third kappa shape index (κ3) is 8.12. The van der Waals surface area contributed by atoms with E-state index in [-0.39, 0.29) is 19.1 Å². The molecule has 0 bridgehead atoms. The Kier molecular flexibility index (Phi) is 10.1. The van der Waals surface area contributed by atoms with Gasteiger partial charge in [-0.3, -0.25) is 9.59 Å². The van der Waals surface area contributed by atoms with Crippen LogP contribution in [0.5, 0.6) is 5.75 Å². The number of carboxylic acid groups (broad SMARTS) is 1. The lowest BCUT2D eigenvalue weighted by Crippen LogP contribution is -2.32. The summed E-state index contributed by atoms with van der Waals surface area (Å²) < 4.78 is 5.42. The summed E-state index contributed by atoms with van der Waals surface area (Å²) in [5.74, 6) is 0.792. The standard InChI is InChI=1S/C11H15NO3.CH2O2/c13-8-10(12-9-14)6-7-15-11-4-2-1-3-5-11;2-1-3/h1-5,9-10,13H,6-8H2,(H,12,14);1H,(H,2,3). The van der Waals surface area contributed by atoms with E-state index in [2.05, 4.69) is 5.32 Å². The summed E-state index contributed by atoms with van der Waals surface area (Å²) in [5, 5.41) is 18.3. The second-order valence-electron chi connectivity index (χ2n) is 3.22. The zero-order valence-electron chi connectivity index (χ0n) is 9.86. The van der Waals surface area contributed by atoms with Crippen LogP contribution < -0.4 is 10.1 Å². The first kappa shape index (κ1) is 15.9. The first-order valence-corrected chi connectivity index (χ1v) is 5.34. The lowest BCUT2D eigenvalue weighted by molar-refractivity contribution is -0.122. The van der Waals surface area contributed by atoms with Gasteiger partial charge in [0, 0.05) is 6.42 Å². The average Bonchev–Trinajstić information content (AvgIpc) is 2.40. The maximum Gasteiger partial charge on any atom is 0.290 e. The molecule has 1 aromatic rings. The largest absolute Gasteiger partial charge is 0.494 e. The van der Waals surface area contributed by atoms with E-state index in [0.717, 1.165) is 5.75 Å². The van der Waals surface area contributed by atoms with Gasteiger partial charge in [-0.05, 0) is 12.1 Å². The van der Waals surface area contributed by atoms with Crippen molar-refractivity contribution in [1.29, 1.82) is 0 Å². The zero-order valence-corrected chi connectivity index (χ0v) is 9.86. The highest BCUT2D eigenvalue weighted by Crippen LogP contribution is 2.08. The number of nitrogens with one attached hydrogen (secondary N) is 1. The van der Waals surface area contributed by atoms with Crippen LogP contribution in [0.4, 0.5) is 0 Å². The number of aliphatic hydroxyl groups excluding tert-OH is 1. The Morgan fingerprint density at radius 3 is 2.39 bits per heavy atom. The average molecular weight is 255 g/mol. The van der Waals surface area contributed by atoms with E-state index in [4.69, 9.17) is 19.7 Å². The van der Waals surface area contributed by atoms with Crippen LogP contribution in [0, 0.1) is 0 Å². The van der Waals surface area contributed by atoms with E-state index in [1.807, 2.05) is 30.3 Å². The van der Waals surface area contributed by atoms with Gasteiger partial charge in [-0.25, -0.2) is 0 Å². The summed E-state index contributed by atoms with van der Waals surface area (Å²) in [5.41, 5.74) is 0. The lowest BCUT2D eigenvalue weighted by Gasteiger charge is -2.13. The molecule has 0 saturated heterocycles. The molecule has 3 N–H and O–H groups in total. The molecular weight excluding hydrogens is 238 g/mol. The fourth-order valence-corrected chi connectivity index (χ4v) is 1.16. The summed E-state index contributed by atoms with van der Waals surface area (Å²) in [7, 11) is 0. The van der Waals surface area contributed by atoms with Crippen LogP contribution in [0.25, 0.3) is 0 Å². The van der Waals surface area contributed by atoms with E-state index in [0.29, 0.717) is 19.4 Å². The van der Waals surface area contributed by atoms with Gasteiger partial charge in [0.05, 0.1) is 19.3 Å². The Morgan fingerprint density at radius 1 is 1.28 bits per heavy atom. The van der Waals surface area contributed by atoms with Crippen molar-refractivity contribution in [3.05, 3.63) is 30.3 Å². The van der Waals surface area contributed by atoms with Crippen LogP contribution in [0.3, 0.4) is 0 Å². The van der Waals surface area contributed by atoms with E-state index >= 15 is 0 Å². The molecule has 0 saturated carbocycles. The summed E-state index contributed by atoms with van der Waals surface area (Å²) >= 11 is 0. The van der Waals surface area contributed by atoms with Gasteiger partial charge in [-0.1, -0.05) is 18.2 Å². The van der Waals surface area contributed by atoms with Gasteiger partial charge in [0.15, 0.2) is 0 Å². The van der Waals surface area contributed by atoms with Crippen LogP contribution in [-0.2, 0) is 9.59 Å². The minimum atomic E-state index is -0.250. The monoisotopic (exact) mass is 255 g/mol. The van der Waals surface area contributed by atoms with E-state index in [9.17, 15) is 4.79 Å². The molecule has 100 valence electrons. The number of carbonyl (C=O) groups is 2. The molecule has 6 heteroatoms. The Hall–Kier alpha value is -2.08. The molecule has 1 atom stereocenters. The highest BCUT2D eigenvalue weighted by molar-refractivity contribution is 5.46. The van der Waals surface area contributed by atoms with Crippen molar-refractivity contribution in [2.45, 2.75) is 12.5 Å². The molecule has 0 aliphatic rings. The van der Waals surface area contributed by atoms with Crippen molar-refractivity contribution < 1.29 is 24.5 Å². The molecule has 18 heavy (non-hydrogen) atoms. The predicted octanol–water partition coefficient (Wildman–Crippen LogP) is 0.263. The zero-order chi connectivity index (χ0) is 13.6. The van der Waals surface area contributed by atoms with Crippen LogP contribution in [0.15, 0.2) is 30.3 Å². The van der Waals surface area contributed by atoms with Crippen molar-refractivity contribution in [1.82, 2.24) is 5.32 Å². The fourth-order valence-electron chi connectivity index (χ4n) is 1.16. The minimum Gasteiger partial charge on any atom is -0.494 e. The highest BCUT2D eigenvalue weighted by atomic mass is 16.5. The summed E-state index contributed by atoms with van der Waals surface area (Å²) in [6.07, 6.45) is 1.17. The molecular formula is C12H17NO5. The molecule has 1 unspecified atom stereocenters. The number of hydrogen-bond donors (Lipinski definition) is 3. The van der Waals surface area contributed by atoms with Crippen LogP contribution in [0.1, 0.15) is 6.42 Å². The van der Waals surface area contributed by atoms with E-state index in [1.165, 1.54) is 0 Å². The van der Waals surface area contributed by atoms with Gasteiger partial charge in [0.1, 0.15) is 5.75 Å². The summed E-state index contributed by atoms with van der Waals surface area (Å²) in [6.45, 7) is 0.146. The second kappa shape index (κ2) is 11.4. The van der Waals surface area contributed by atoms with Crippen LogP contribution >= 0.6 is 0 Å². The SMILES string of the molecule is O=CNC(CO)CCOc1ccccc1.O=CO. The first-order chi connectivity index (χ1) is 8.78. The van der Waals surface area contributed by atoms with E-state index < -0.39 is 0 Å². The Balaban J connectivity index is 0.000000873. The van der Waals surface area contributed by atoms with Crippen LogP contribution in [-0.4, -0.2) is 42.4 Å². The van der Waals surface area contributed by atoms with Crippen LogP contribution in [0.2, 0.25) is 0 Å². The van der Waals surface area contributed by atoms with Crippen molar-refractivity contribution in [3.63, 3.8) is 0 Å². The van der Waals surface area contributed by atoms with Crippen molar-refractivity contribution in [3.8, 4) is 5.75 Å². The number of carbonyl (C=O) groups excluding carboxylic acids is 1. The molecule has 0 radical (unpaired) electrons. The van der Waals surface area contributed by atoms with Gasteiger partial charge in [0.2, 0.25) is 6.41 Å². The minimum absolute atomic E-state index is 0.0725. The normalized spacial score (nSPS) is 10.5. The second-order valence-corrected chi connectivity index (χ2v) is 3.22. The number of para-hydroxylation sites is 1. The summed E-state index contributed by atoms with van der Waals surface area (Å²) in [6, 6.07) is 9.19. The van der Waals surface area contributed by atoms with Crippen molar-refractivity contribution in [2.75, 3.05) is 13.2 Å². The Morgan fingerprint density at radius 2 is 1.89 bits per heavy atom. The molecule has 0 heterocycles. The van der Waals surface area contributed by atoms with Gasteiger partial charge in [-0.2, -0.15) is 0 Å². The van der Waals surface area contributed by atoms with Gasteiger partial charge in [0.25, 0.3) is 6.47 Å². The summed E-state index contributed by atoms with van der Waals surface area (Å²) in [4.78, 5) is 18.5. The number of ether oxygens (including phenoxy) is 1. The quantitative estimate of drug-likeness (QED) is 0.607. The molecule has 0 aromatic heterocycles. The maximum absolute atomic E-state index is 10.1. The molecule has 6 nitrogen and oxygen atoms in total. The predicted molar refractivity (Wildman–Crippen MR) is 65.3 cm³/mol. The number of benzene rings is 1. The topological polar surface area (TPSA) is 95.9 Å². The number of hydrogen-bond acceptors (Lipinski definition) is 4. The Labute approximate surface area is 105 Å². The molecule has 1 amide bonds. The molecule has 0 spiro atoms. The molecule has 1 aromatic carbocycles. The molecule has 1 rings (SSSR count). The number of aliphatic hydroxyl groups is 1. The third-order valence-electron chi connectivity index (χ3n) is 2.00. The number of amides is 1. The third-order valence-corrected chi connectivity index (χ3v) is 2.00. The number of rotatable bonds is 7. The van der Waals surface area contributed by atoms with Gasteiger partial charge in [-0.15, -0.1) is 0 Å². The van der Waals surface area contributed by atoms with Crippen molar-refractivity contribution in [2.24, 2.45) is 0 Å². The van der Waals surface area contributed by atoms with Gasteiger partial charge < -0.3 is 20.3 Å². The molecule has 0 aliphatic heterocycles. The Bertz CT molecular complexity index is 318. The smallest absolute Gasteiger partial charge is 0.290 e. The van der Waals surface area contributed by atoms with Gasteiger partial charge >= 0.3 is 0 Å². The fraction of sp³-hybridized carbons (Fsp3) is 0.333. The first-order valence-electron chi connectivity index (χ1n) is 5.34. The highest BCUT2D eigenvalue weighted by Gasteiger charge is 2.05. The van der Waals surface area contributed by atoms with E-state index in [1.54, 1.807) is 0 Å². The van der Waals surface area contributed by atoms with Crippen molar-refractivity contribution >= 4 is 12.9 Å². The maximum atomic E-state index is 10.1. The molecule has 0 aliphatic carbocycles. The lowest BCUT2D eigenvalue weighted by atomic mass is 10.2.